The van der Waals surface area contributed by atoms with E-state index < -0.39 is 17.9 Å². The van der Waals surface area contributed by atoms with Crippen LogP contribution in [0.15, 0.2) is 29.8 Å². The molecular formula is C11H6F3NO. The van der Waals surface area contributed by atoms with Crippen LogP contribution < -0.4 is 4.74 Å². The highest BCUT2D eigenvalue weighted by atomic mass is 19.4. The van der Waals surface area contributed by atoms with Gasteiger partial charge in [-0.3, -0.25) is 0 Å². The average molecular weight is 225 g/mol. The first-order chi connectivity index (χ1) is 7.52. The van der Waals surface area contributed by atoms with Gasteiger partial charge in [-0.1, -0.05) is 18.2 Å². The van der Waals surface area contributed by atoms with E-state index in [1.165, 1.54) is 18.2 Å². The molecular weight excluding hydrogens is 219 g/mol. The number of halogens is 3. The number of nitriles is 1. The monoisotopic (exact) mass is 225 g/mol. The van der Waals surface area contributed by atoms with Gasteiger partial charge < -0.3 is 4.74 Å². The lowest BCUT2D eigenvalue weighted by Gasteiger charge is -2.25. The molecule has 1 aliphatic rings. The summed E-state index contributed by atoms with van der Waals surface area (Å²) in [6.07, 6.45) is -5.53. The smallest absolute Gasteiger partial charge is 0.430 e. The zero-order valence-corrected chi connectivity index (χ0v) is 7.95. The van der Waals surface area contributed by atoms with Gasteiger partial charge >= 0.3 is 6.18 Å². The molecule has 1 aromatic rings. The Kier molecular flexibility index (Phi) is 2.35. The molecule has 0 saturated heterocycles. The van der Waals surface area contributed by atoms with Gasteiger partial charge in [0.1, 0.15) is 5.75 Å². The Bertz CT molecular complexity index is 485. The average Bonchev–Trinajstić information content (AvgIpc) is 2.26. The number of nitrogens with zero attached hydrogens (tertiary/aromatic N) is 1. The van der Waals surface area contributed by atoms with Gasteiger partial charge in [0.2, 0.25) is 6.10 Å². The fourth-order valence-corrected chi connectivity index (χ4v) is 1.47. The highest BCUT2D eigenvalue weighted by Crippen LogP contribution is 2.36. The fraction of sp³-hybridized carbons (Fsp3) is 0.182. The second-order valence-corrected chi connectivity index (χ2v) is 3.29. The van der Waals surface area contributed by atoms with Gasteiger partial charge in [-0.05, 0) is 12.1 Å². The Morgan fingerprint density at radius 1 is 1.25 bits per heavy atom. The molecule has 0 radical (unpaired) electrons. The van der Waals surface area contributed by atoms with Gasteiger partial charge in [0.15, 0.2) is 0 Å². The minimum atomic E-state index is -4.57. The molecule has 0 aliphatic carbocycles. The largest absolute Gasteiger partial charge is 0.475 e. The Hall–Kier alpha value is -1.96. The second kappa shape index (κ2) is 3.56. The van der Waals surface area contributed by atoms with E-state index in [4.69, 9.17) is 10.00 Å². The van der Waals surface area contributed by atoms with Crippen molar-refractivity contribution in [3.05, 3.63) is 35.4 Å². The van der Waals surface area contributed by atoms with Crippen LogP contribution in [-0.2, 0) is 0 Å². The minimum Gasteiger partial charge on any atom is -0.475 e. The Morgan fingerprint density at radius 2 is 1.94 bits per heavy atom. The van der Waals surface area contributed by atoms with Gasteiger partial charge in [0.05, 0.1) is 11.6 Å². The first-order valence-electron chi connectivity index (χ1n) is 4.46. The lowest BCUT2D eigenvalue weighted by Crippen LogP contribution is -2.37. The van der Waals surface area contributed by atoms with Gasteiger partial charge in [-0.25, -0.2) is 0 Å². The predicted molar refractivity (Wildman–Crippen MR) is 50.5 cm³/mol. The Morgan fingerprint density at radius 3 is 2.56 bits per heavy atom. The van der Waals surface area contributed by atoms with E-state index in [0.717, 1.165) is 0 Å². The quantitative estimate of drug-likeness (QED) is 0.680. The molecule has 0 aromatic heterocycles. The molecule has 82 valence electrons. The maximum Gasteiger partial charge on any atom is 0.430 e. The van der Waals surface area contributed by atoms with E-state index in [1.54, 1.807) is 18.2 Å². The van der Waals surface area contributed by atoms with Crippen molar-refractivity contribution in [1.82, 2.24) is 0 Å². The SMILES string of the molecule is N#CC1=Cc2ccccc2O[C@H]1C(F)(F)F. The standard InChI is InChI=1S/C11H6F3NO/c12-11(13,14)10-8(6-15)5-7-3-1-2-4-9(7)16-10/h1-5,10H/t10-/m1/s1. The molecule has 0 saturated carbocycles. The molecule has 1 aliphatic heterocycles. The fourth-order valence-electron chi connectivity index (χ4n) is 1.47. The highest BCUT2D eigenvalue weighted by molar-refractivity contribution is 5.66. The van der Waals surface area contributed by atoms with Crippen molar-refractivity contribution in [2.75, 3.05) is 0 Å². The zero-order chi connectivity index (χ0) is 11.8. The third-order valence-corrected chi connectivity index (χ3v) is 2.18. The first kappa shape index (κ1) is 10.6. The van der Waals surface area contributed by atoms with Crippen LogP contribution in [0.1, 0.15) is 5.56 Å². The van der Waals surface area contributed by atoms with Gasteiger partial charge in [0.25, 0.3) is 0 Å². The number of ether oxygens (including phenoxy) is 1. The van der Waals surface area contributed by atoms with Gasteiger partial charge in [0, 0.05) is 5.56 Å². The summed E-state index contributed by atoms with van der Waals surface area (Å²) >= 11 is 0. The number of alkyl halides is 3. The van der Waals surface area contributed by atoms with Crippen LogP contribution in [0.4, 0.5) is 13.2 Å². The van der Waals surface area contributed by atoms with Crippen molar-refractivity contribution in [2.45, 2.75) is 12.3 Å². The second-order valence-electron chi connectivity index (χ2n) is 3.29. The summed E-state index contributed by atoms with van der Waals surface area (Å²) in [6.45, 7) is 0. The topological polar surface area (TPSA) is 33.0 Å². The number of fused-ring (bicyclic) bond motifs is 1. The third-order valence-electron chi connectivity index (χ3n) is 2.18. The van der Waals surface area contributed by atoms with Crippen molar-refractivity contribution in [2.24, 2.45) is 0 Å². The number of para-hydroxylation sites is 1. The van der Waals surface area contributed by atoms with E-state index in [2.05, 4.69) is 0 Å². The van der Waals surface area contributed by atoms with Crippen LogP contribution in [0.25, 0.3) is 6.08 Å². The molecule has 1 heterocycles. The molecule has 5 heteroatoms. The number of rotatable bonds is 0. The molecule has 0 fully saturated rings. The van der Waals surface area contributed by atoms with Crippen LogP contribution >= 0.6 is 0 Å². The maximum absolute atomic E-state index is 12.6. The third kappa shape index (κ3) is 1.74. The molecule has 0 spiro atoms. The van der Waals surface area contributed by atoms with Crippen molar-refractivity contribution in [3.8, 4) is 11.8 Å². The van der Waals surface area contributed by atoms with Gasteiger partial charge in [-0.15, -0.1) is 0 Å². The van der Waals surface area contributed by atoms with Crippen LogP contribution in [0.3, 0.4) is 0 Å². The Labute approximate surface area is 89.6 Å². The number of hydrogen-bond donors (Lipinski definition) is 0. The lowest BCUT2D eigenvalue weighted by atomic mass is 10.0. The van der Waals surface area contributed by atoms with Gasteiger partial charge in [-0.2, -0.15) is 18.4 Å². The molecule has 0 N–H and O–H groups in total. The van der Waals surface area contributed by atoms with Crippen LogP contribution in [0.2, 0.25) is 0 Å². The summed E-state index contributed by atoms with van der Waals surface area (Å²) in [6, 6.07) is 7.81. The maximum atomic E-state index is 12.6. The van der Waals surface area contributed by atoms with E-state index in [1.807, 2.05) is 0 Å². The van der Waals surface area contributed by atoms with Crippen molar-refractivity contribution in [1.29, 1.82) is 5.26 Å². The molecule has 1 aromatic carbocycles. The molecule has 0 unspecified atom stereocenters. The lowest BCUT2D eigenvalue weighted by molar-refractivity contribution is -0.182. The number of benzene rings is 1. The normalized spacial score (nSPS) is 19.1. The van der Waals surface area contributed by atoms with Crippen molar-refractivity contribution in [3.63, 3.8) is 0 Å². The molecule has 1 atom stereocenters. The number of hydrogen-bond acceptors (Lipinski definition) is 2. The van der Waals surface area contributed by atoms with E-state index in [0.29, 0.717) is 5.56 Å². The predicted octanol–water partition coefficient (Wildman–Crippen LogP) is 2.92. The van der Waals surface area contributed by atoms with E-state index in [9.17, 15) is 13.2 Å². The summed E-state index contributed by atoms with van der Waals surface area (Å²) < 4.78 is 42.5. The summed E-state index contributed by atoms with van der Waals surface area (Å²) in [7, 11) is 0. The highest BCUT2D eigenvalue weighted by Gasteiger charge is 2.46. The molecule has 2 rings (SSSR count). The van der Waals surface area contributed by atoms with Crippen LogP contribution in [-0.4, -0.2) is 12.3 Å². The Balaban J connectivity index is 2.48. The molecule has 0 bridgehead atoms. The molecule has 16 heavy (non-hydrogen) atoms. The summed E-state index contributed by atoms with van der Waals surface area (Å²) in [5.74, 6) is 0.142. The van der Waals surface area contributed by atoms with Crippen LogP contribution in [0.5, 0.6) is 5.75 Å². The summed E-state index contributed by atoms with van der Waals surface area (Å²) in [5, 5.41) is 8.65. The van der Waals surface area contributed by atoms with E-state index in [-0.39, 0.29) is 5.75 Å². The summed E-state index contributed by atoms with van der Waals surface area (Å²) in [4.78, 5) is 0. The van der Waals surface area contributed by atoms with Crippen molar-refractivity contribution >= 4 is 6.08 Å². The van der Waals surface area contributed by atoms with E-state index >= 15 is 0 Å². The zero-order valence-electron chi connectivity index (χ0n) is 7.95. The van der Waals surface area contributed by atoms with Crippen molar-refractivity contribution < 1.29 is 17.9 Å². The summed E-state index contributed by atoms with van der Waals surface area (Å²) in [5.41, 5.74) is 0.0609. The van der Waals surface area contributed by atoms with Crippen LogP contribution in [0, 0.1) is 11.3 Å². The molecule has 2 nitrogen and oxygen atoms in total. The first-order valence-corrected chi connectivity index (χ1v) is 4.46. The minimum absolute atomic E-state index is 0.142. The molecule has 0 amide bonds.